The van der Waals surface area contributed by atoms with Crippen LogP contribution in [-0.4, -0.2) is 26.1 Å². The van der Waals surface area contributed by atoms with Gasteiger partial charge in [-0.25, -0.2) is 0 Å². The van der Waals surface area contributed by atoms with E-state index in [0.717, 1.165) is 4.47 Å². The Balaban J connectivity index is 2.95. The zero-order valence-corrected chi connectivity index (χ0v) is 13.6. The molecule has 1 unspecified atom stereocenters. The van der Waals surface area contributed by atoms with Crippen LogP contribution in [0.25, 0.3) is 0 Å². The largest absolute Gasteiger partial charge is 0.491 e. The Morgan fingerprint density at radius 2 is 2.21 bits per heavy atom. The molecule has 1 aromatic rings. The van der Waals surface area contributed by atoms with Crippen LogP contribution in [0.1, 0.15) is 13.8 Å². The molecule has 2 N–H and O–H groups in total. The summed E-state index contributed by atoms with van der Waals surface area (Å²) in [5, 5.41) is 6.35. The lowest BCUT2D eigenvalue weighted by molar-refractivity contribution is -0.119. The van der Waals surface area contributed by atoms with E-state index < -0.39 is 0 Å². The highest BCUT2D eigenvalue weighted by Crippen LogP contribution is 2.36. The van der Waals surface area contributed by atoms with Crippen molar-refractivity contribution < 1.29 is 9.53 Å². The van der Waals surface area contributed by atoms with Crippen molar-refractivity contribution in [3.05, 3.63) is 21.6 Å². The molecule has 1 amide bonds. The van der Waals surface area contributed by atoms with E-state index in [2.05, 4.69) is 26.6 Å². The van der Waals surface area contributed by atoms with Crippen molar-refractivity contribution in [3.8, 4) is 5.75 Å². The fourth-order valence-corrected chi connectivity index (χ4v) is 2.52. The van der Waals surface area contributed by atoms with E-state index in [1.807, 2.05) is 20.9 Å². The molecule has 0 radical (unpaired) electrons. The fraction of sp³-hybridized carbons (Fsp3) is 0.462. The second-order valence-electron chi connectivity index (χ2n) is 4.15. The summed E-state index contributed by atoms with van der Waals surface area (Å²) in [6, 6.07) is 3.42. The molecule has 0 fully saturated rings. The van der Waals surface area contributed by atoms with Gasteiger partial charge in [0.2, 0.25) is 5.91 Å². The second-order valence-corrected chi connectivity index (χ2v) is 5.44. The standard InChI is InChI=1S/C13H18BrClN2O2/c1-4-19-12-10(14)5-9(15)6-11(12)17-13(18)8(2)7-16-3/h5-6,8,16H,4,7H2,1-3H3,(H,17,18). The summed E-state index contributed by atoms with van der Waals surface area (Å²) in [5.41, 5.74) is 0.578. The maximum absolute atomic E-state index is 12.0. The van der Waals surface area contributed by atoms with Crippen molar-refractivity contribution in [1.29, 1.82) is 0 Å². The maximum Gasteiger partial charge on any atom is 0.228 e. The first-order valence-corrected chi connectivity index (χ1v) is 7.24. The second kappa shape index (κ2) is 7.72. The molecule has 0 aliphatic heterocycles. The van der Waals surface area contributed by atoms with Gasteiger partial charge >= 0.3 is 0 Å². The van der Waals surface area contributed by atoms with Crippen LogP contribution >= 0.6 is 27.5 Å². The lowest BCUT2D eigenvalue weighted by atomic mass is 10.1. The smallest absolute Gasteiger partial charge is 0.228 e. The van der Waals surface area contributed by atoms with E-state index in [1.165, 1.54) is 0 Å². The topological polar surface area (TPSA) is 50.4 Å². The normalized spacial score (nSPS) is 12.1. The highest BCUT2D eigenvalue weighted by molar-refractivity contribution is 9.10. The van der Waals surface area contributed by atoms with E-state index in [0.29, 0.717) is 29.6 Å². The van der Waals surface area contributed by atoms with Crippen molar-refractivity contribution in [2.75, 3.05) is 25.5 Å². The molecular formula is C13H18BrClN2O2. The van der Waals surface area contributed by atoms with E-state index in [9.17, 15) is 4.79 Å². The molecule has 1 aromatic carbocycles. The molecule has 0 spiro atoms. The minimum absolute atomic E-state index is 0.0792. The van der Waals surface area contributed by atoms with Crippen molar-refractivity contribution in [2.24, 2.45) is 5.92 Å². The Labute approximate surface area is 127 Å². The quantitative estimate of drug-likeness (QED) is 0.828. The van der Waals surface area contributed by atoms with Crippen molar-refractivity contribution in [1.82, 2.24) is 5.32 Å². The number of rotatable bonds is 6. The minimum atomic E-state index is -0.141. The van der Waals surface area contributed by atoms with E-state index >= 15 is 0 Å². The number of carbonyl (C=O) groups excluding carboxylic acids is 1. The molecule has 0 aliphatic rings. The van der Waals surface area contributed by atoms with Crippen LogP contribution in [0.5, 0.6) is 5.75 Å². The average Bonchev–Trinajstić information content (AvgIpc) is 2.33. The maximum atomic E-state index is 12.0. The van der Waals surface area contributed by atoms with Gasteiger partial charge in [-0.3, -0.25) is 4.79 Å². The highest BCUT2D eigenvalue weighted by Gasteiger charge is 2.16. The Hall–Kier alpha value is -0.780. The Bertz CT molecular complexity index is 455. The van der Waals surface area contributed by atoms with Crippen LogP contribution in [0, 0.1) is 5.92 Å². The monoisotopic (exact) mass is 348 g/mol. The fourth-order valence-electron chi connectivity index (χ4n) is 1.60. The number of hydrogen-bond acceptors (Lipinski definition) is 3. The van der Waals surface area contributed by atoms with Gasteiger partial charge in [-0.2, -0.15) is 0 Å². The summed E-state index contributed by atoms with van der Waals surface area (Å²) < 4.78 is 6.25. The molecule has 19 heavy (non-hydrogen) atoms. The van der Waals surface area contributed by atoms with E-state index in [4.69, 9.17) is 16.3 Å². The van der Waals surface area contributed by atoms with E-state index in [-0.39, 0.29) is 11.8 Å². The molecule has 0 aromatic heterocycles. The van der Waals surface area contributed by atoms with Gasteiger partial charge in [-0.1, -0.05) is 18.5 Å². The summed E-state index contributed by atoms with van der Waals surface area (Å²) in [4.78, 5) is 12.0. The van der Waals surface area contributed by atoms with Crippen LogP contribution in [0.3, 0.4) is 0 Å². The van der Waals surface area contributed by atoms with Crippen LogP contribution in [0.4, 0.5) is 5.69 Å². The van der Waals surface area contributed by atoms with Crippen LogP contribution < -0.4 is 15.4 Å². The Morgan fingerprint density at radius 1 is 1.53 bits per heavy atom. The van der Waals surface area contributed by atoms with E-state index in [1.54, 1.807) is 12.1 Å². The zero-order valence-electron chi connectivity index (χ0n) is 11.2. The molecule has 4 nitrogen and oxygen atoms in total. The first-order chi connectivity index (χ1) is 8.99. The molecule has 0 bridgehead atoms. The van der Waals surface area contributed by atoms with Gasteiger partial charge in [0, 0.05) is 17.5 Å². The number of carbonyl (C=O) groups is 1. The summed E-state index contributed by atoms with van der Waals surface area (Å²) in [7, 11) is 1.81. The third-order valence-electron chi connectivity index (χ3n) is 2.51. The van der Waals surface area contributed by atoms with Gasteiger partial charge in [-0.15, -0.1) is 0 Å². The molecule has 6 heteroatoms. The molecule has 0 heterocycles. The predicted octanol–water partition coefficient (Wildman–Crippen LogP) is 3.30. The predicted molar refractivity (Wildman–Crippen MR) is 82.0 cm³/mol. The van der Waals surface area contributed by atoms with Crippen molar-refractivity contribution >= 4 is 39.1 Å². The summed E-state index contributed by atoms with van der Waals surface area (Å²) in [6.45, 7) is 4.86. The summed E-state index contributed by atoms with van der Waals surface area (Å²) in [6.07, 6.45) is 0. The van der Waals surface area contributed by atoms with Gasteiger partial charge in [0.1, 0.15) is 0 Å². The van der Waals surface area contributed by atoms with Gasteiger partial charge in [-0.05, 0) is 42.0 Å². The molecule has 0 saturated carbocycles. The SMILES string of the molecule is CCOc1c(Br)cc(Cl)cc1NC(=O)C(C)CNC. The molecule has 1 atom stereocenters. The highest BCUT2D eigenvalue weighted by atomic mass is 79.9. The first-order valence-electron chi connectivity index (χ1n) is 6.06. The summed E-state index contributed by atoms with van der Waals surface area (Å²) >= 11 is 9.38. The Kier molecular flexibility index (Phi) is 6.62. The third-order valence-corrected chi connectivity index (χ3v) is 3.32. The van der Waals surface area contributed by atoms with Gasteiger partial charge in [0.15, 0.2) is 5.75 Å². The van der Waals surface area contributed by atoms with Crippen molar-refractivity contribution in [3.63, 3.8) is 0 Å². The molecule has 1 rings (SSSR count). The van der Waals surface area contributed by atoms with Gasteiger partial charge in [0.05, 0.1) is 16.8 Å². The van der Waals surface area contributed by atoms with Gasteiger partial charge in [0.25, 0.3) is 0 Å². The number of benzene rings is 1. The minimum Gasteiger partial charge on any atom is -0.491 e. The van der Waals surface area contributed by atoms with Crippen LogP contribution in [0.15, 0.2) is 16.6 Å². The lowest BCUT2D eigenvalue weighted by Gasteiger charge is -2.16. The number of hydrogen-bond donors (Lipinski definition) is 2. The zero-order chi connectivity index (χ0) is 14.4. The average molecular weight is 350 g/mol. The molecule has 106 valence electrons. The molecule has 0 aliphatic carbocycles. The number of nitrogens with one attached hydrogen (secondary N) is 2. The summed E-state index contributed by atoms with van der Waals surface area (Å²) in [5.74, 6) is 0.374. The Morgan fingerprint density at radius 3 is 2.79 bits per heavy atom. The number of ether oxygens (including phenoxy) is 1. The first kappa shape index (κ1) is 16.3. The van der Waals surface area contributed by atoms with Gasteiger partial charge < -0.3 is 15.4 Å². The third kappa shape index (κ3) is 4.67. The van der Waals surface area contributed by atoms with Crippen molar-refractivity contribution in [2.45, 2.75) is 13.8 Å². The van der Waals surface area contributed by atoms with Crippen LogP contribution in [-0.2, 0) is 4.79 Å². The number of anilines is 1. The number of amides is 1. The number of halogens is 2. The van der Waals surface area contributed by atoms with Crippen LogP contribution in [0.2, 0.25) is 5.02 Å². The molecule has 0 saturated heterocycles. The molecular weight excluding hydrogens is 332 g/mol. The lowest BCUT2D eigenvalue weighted by Crippen LogP contribution is -2.28.